The molecule has 0 aromatic carbocycles. The Bertz CT molecular complexity index is 189. The molecule has 0 aromatic heterocycles. The number of rotatable bonds is 4. The monoisotopic (exact) mass is 189 g/mol. The summed E-state index contributed by atoms with van der Waals surface area (Å²) in [4.78, 5) is 10.3. The SMILES string of the molecule is CC1(CC(N)CC(=O)O)OCCO1. The largest absolute Gasteiger partial charge is 0.481 e. The van der Waals surface area contributed by atoms with E-state index in [1.54, 1.807) is 6.92 Å². The second kappa shape index (κ2) is 4.04. The summed E-state index contributed by atoms with van der Waals surface area (Å²) in [6.07, 6.45) is 0.363. The fraction of sp³-hybridized carbons (Fsp3) is 0.875. The molecule has 0 spiro atoms. The van der Waals surface area contributed by atoms with E-state index in [4.69, 9.17) is 20.3 Å². The van der Waals surface area contributed by atoms with Crippen LogP contribution in [0.1, 0.15) is 19.8 Å². The summed E-state index contributed by atoms with van der Waals surface area (Å²) in [5.41, 5.74) is 5.60. The second-order valence-corrected chi connectivity index (χ2v) is 3.39. The van der Waals surface area contributed by atoms with Gasteiger partial charge in [0.1, 0.15) is 0 Å². The summed E-state index contributed by atoms with van der Waals surface area (Å²) in [7, 11) is 0. The molecule has 0 aromatic rings. The van der Waals surface area contributed by atoms with Gasteiger partial charge < -0.3 is 20.3 Å². The van der Waals surface area contributed by atoms with Crippen molar-refractivity contribution < 1.29 is 19.4 Å². The molecule has 0 bridgehead atoms. The molecule has 1 atom stereocenters. The van der Waals surface area contributed by atoms with Crippen LogP contribution in [0.3, 0.4) is 0 Å². The highest BCUT2D eigenvalue weighted by molar-refractivity contribution is 5.67. The molecule has 1 rings (SSSR count). The van der Waals surface area contributed by atoms with Crippen LogP contribution in [-0.4, -0.2) is 36.1 Å². The van der Waals surface area contributed by atoms with E-state index in [1.165, 1.54) is 0 Å². The Morgan fingerprint density at radius 2 is 2.15 bits per heavy atom. The molecule has 0 amide bonds. The first-order valence-electron chi connectivity index (χ1n) is 4.27. The van der Waals surface area contributed by atoms with Gasteiger partial charge in [-0.25, -0.2) is 0 Å². The van der Waals surface area contributed by atoms with Crippen molar-refractivity contribution in [2.24, 2.45) is 5.73 Å². The normalized spacial score (nSPS) is 22.9. The zero-order chi connectivity index (χ0) is 9.90. The third-order valence-corrected chi connectivity index (χ3v) is 1.97. The Labute approximate surface area is 76.8 Å². The van der Waals surface area contributed by atoms with E-state index in [0.717, 1.165) is 0 Å². The van der Waals surface area contributed by atoms with Gasteiger partial charge in [-0.1, -0.05) is 0 Å². The van der Waals surface area contributed by atoms with Crippen molar-refractivity contribution in [1.82, 2.24) is 0 Å². The lowest BCUT2D eigenvalue weighted by Gasteiger charge is -2.24. The molecule has 0 aliphatic carbocycles. The van der Waals surface area contributed by atoms with E-state index in [-0.39, 0.29) is 6.42 Å². The number of hydrogen-bond acceptors (Lipinski definition) is 4. The Balaban J connectivity index is 2.33. The highest BCUT2D eigenvalue weighted by Crippen LogP contribution is 2.24. The minimum Gasteiger partial charge on any atom is -0.481 e. The van der Waals surface area contributed by atoms with Crippen LogP contribution in [0.2, 0.25) is 0 Å². The van der Waals surface area contributed by atoms with E-state index in [1.807, 2.05) is 0 Å². The maximum Gasteiger partial charge on any atom is 0.304 e. The average Bonchev–Trinajstić information content (AvgIpc) is 2.33. The van der Waals surface area contributed by atoms with Crippen molar-refractivity contribution in [3.05, 3.63) is 0 Å². The standard InChI is InChI=1S/C8H15NO4/c1-8(12-2-3-13-8)5-6(9)4-7(10)11/h6H,2-5,9H2,1H3,(H,10,11). The van der Waals surface area contributed by atoms with Crippen molar-refractivity contribution in [3.8, 4) is 0 Å². The van der Waals surface area contributed by atoms with Crippen molar-refractivity contribution in [2.45, 2.75) is 31.6 Å². The average molecular weight is 189 g/mol. The summed E-state index contributed by atoms with van der Waals surface area (Å²) in [6, 6.07) is -0.416. The molecule has 1 aliphatic rings. The predicted molar refractivity (Wildman–Crippen MR) is 45.2 cm³/mol. The molecule has 5 heteroatoms. The molecule has 1 unspecified atom stereocenters. The number of hydrogen-bond donors (Lipinski definition) is 2. The van der Waals surface area contributed by atoms with E-state index in [0.29, 0.717) is 19.6 Å². The zero-order valence-corrected chi connectivity index (χ0v) is 7.66. The van der Waals surface area contributed by atoms with Gasteiger partial charge in [0.15, 0.2) is 5.79 Å². The van der Waals surface area contributed by atoms with E-state index < -0.39 is 17.8 Å². The molecular formula is C8H15NO4. The van der Waals surface area contributed by atoms with E-state index >= 15 is 0 Å². The summed E-state index contributed by atoms with van der Waals surface area (Å²) in [5, 5.41) is 8.48. The van der Waals surface area contributed by atoms with Crippen molar-refractivity contribution in [2.75, 3.05) is 13.2 Å². The molecule has 3 N–H and O–H groups in total. The first-order valence-corrected chi connectivity index (χ1v) is 4.27. The van der Waals surface area contributed by atoms with Crippen LogP contribution >= 0.6 is 0 Å². The minimum absolute atomic E-state index is 0.0533. The summed E-state index contributed by atoms with van der Waals surface area (Å²) in [6.45, 7) is 2.88. The second-order valence-electron chi connectivity index (χ2n) is 3.39. The van der Waals surface area contributed by atoms with Gasteiger partial charge in [0.2, 0.25) is 0 Å². The molecule has 0 saturated carbocycles. The highest BCUT2D eigenvalue weighted by atomic mass is 16.7. The fourth-order valence-corrected chi connectivity index (χ4v) is 1.45. The van der Waals surface area contributed by atoms with Gasteiger partial charge in [-0.05, 0) is 6.92 Å². The van der Waals surface area contributed by atoms with Gasteiger partial charge in [0.05, 0.1) is 19.6 Å². The Kier molecular flexibility index (Phi) is 3.24. The number of carboxylic acid groups (broad SMARTS) is 1. The van der Waals surface area contributed by atoms with Gasteiger partial charge in [0.25, 0.3) is 0 Å². The van der Waals surface area contributed by atoms with Gasteiger partial charge in [0, 0.05) is 12.5 Å². The maximum absolute atomic E-state index is 10.3. The summed E-state index contributed by atoms with van der Waals surface area (Å²) >= 11 is 0. The van der Waals surface area contributed by atoms with Gasteiger partial charge in [-0.3, -0.25) is 4.79 Å². The number of ether oxygens (including phenoxy) is 2. The van der Waals surface area contributed by atoms with Crippen LogP contribution in [0.15, 0.2) is 0 Å². The maximum atomic E-state index is 10.3. The van der Waals surface area contributed by atoms with Gasteiger partial charge in [-0.15, -0.1) is 0 Å². The van der Waals surface area contributed by atoms with Crippen LogP contribution in [0.4, 0.5) is 0 Å². The lowest BCUT2D eigenvalue weighted by Crippen LogP contribution is -2.36. The lowest BCUT2D eigenvalue weighted by atomic mass is 10.1. The van der Waals surface area contributed by atoms with Crippen molar-refractivity contribution in [3.63, 3.8) is 0 Å². The van der Waals surface area contributed by atoms with E-state index in [9.17, 15) is 4.79 Å². The predicted octanol–water partition coefficient (Wildman–Crippen LogP) is -0.0585. The van der Waals surface area contributed by atoms with Crippen LogP contribution < -0.4 is 5.73 Å². The van der Waals surface area contributed by atoms with Crippen LogP contribution in [0, 0.1) is 0 Å². The minimum atomic E-state index is -0.894. The summed E-state index contributed by atoms with van der Waals surface area (Å²) < 4.78 is 10.6. The van der Waals surface area contributed by atoms with Crippen molar-refractivity contribution >= 4 is 5.97 Å². The smallest absolute Gasteiger partial charge is 0.304 e. The quantitative estimate of drug-likeness (QED) is 0.647. The molecule has 1 aliphatic heterocycles. The molecule has 76 valence electrons. The fourth-order valence-electron chi connectivity index (χ4n) is 1.45. The molecule has 5 nitrogen and oxygen atoms in total. The number of carboxylic acids is 1. The molecular weight excluding hydrogens is 174 g/mol. The first-order chi connectivity index (χ1) is 6.02. The third-order valence-electron chi connectivity index (χ3n) is 1.97. The Morgan fingerprint density at radius 1 is 1.62 bits per heavy atom. The number of carbonyl (C=O) groups is 1. The molecule has 1 saturated heterocycles. The third kappa shape index (κ3) is 3.30. The lowest BCUT2D eigenvalue weighted by molar-refractivity contribution is -0.152. The topological polar surface area (TPSA) is 81.8 Å². The molecule has 13 heavy (non-hydrogen) atoms. The number of aliphatic carboxylic acids is 1. The van der Waals surface area contributed by atoms with E-state index in [2.05, 4.69) is 0 Å². The molecule has 1 heterocycles. The first kappa shape index (κ1) is 10.4. The molecule has 1 fully saturated rings. The van der Waals surface area contributed by atoms with Gasteiger partial charge in [-0.2, -0.15) is 0 Å². The highest BCUT2D eigenvalue weighted by Gasteiger charge is 2.33. The van der Waals surface area contributed by atoms with Crippen LogP contribution in [0.25, 0.3) is 0 Å². The number of nitrogens with two attached hydrogens (primary N) is 1. The summed E-state index contributed by atoms with van der Waals surface area (Å²) in [5.74, 6) is -1.58. The van der Waals surface area contributed by atoms with Crippen LogP contribution in [-0.2, 0) is 14.3 Å². The van der Waals surface area contributed by atoms with Crippen molar-refractivity contribution in [1.29, 1.82) is 0 Å². The Morgan fingerprint density at radius 3 is 2.62 bits per heavy atom. The van der Waals surface area contributed by atoms with Crippen LogP contribution in [0.5, 0.6) is 0 Å². The molecule has 0 radical (unpaired) electrons. The van der Waals surface area contributed by atoms with Gasteiger partial charge >= 0.3 is 5.97 Å². The Hall–Kier alpha value is -0.650. The zero-order valence-electron chi connectivity index (χ0n) is 7.66.